The number of carbonyl (C=O) groups is 3. The van der Waals surface area contributed by atoms with Crippen molar-refractivity contribution in [3.8, 4) is 0 Å². The predicted octanol–water partition coefficient (Wildman–Crippen LogP) is 4.10. The quantitative estimate of drug-likeness (QED) is 0.405. The fraction of sp³-hybridized carbons (Fsp3) is 0.438. The molecular formula is C32H39N5O4. The number of hydrogen-bond donors (Lipinski definition) is 3. The highest BCUT2D eigenvalue weighted by Gasteiger charge is 2.42. The normalized spacial score (nSPS) is 19.4. The van der Waals surface area contributed by atoms with E-state index >= 15 is 0 Å². The van der Waals surface area contributed by atoms with E-state index in [-0.39, 0.29) is 17.9 Å². The predicted molar refractivity (Wildman–Crippen MR) is 155 cm³/mol. The van der Waals surface area contributed by atoms with Crippen LogP contribution in [0.3, 0.4) is 0 Å². The molecule has 3 amide bonds. The van der Waals surface area contributed by atoms with Crippen molar-refractivity contribution in [1.29, 1.82) is 0 Å². The first-order valence-corrected chi connectivity index (χ1v) is 14.4. The molecule has 2 aromatic carbocycles. The highest BCUT2D eigenvalue weighted by molar-refractivity contribution is 5.93. The van der Waals surface area contributed by atoms with Gasteiger partial charge in [-0.1, -0.05) is 60.7 Å². The number of likely N-dealkylation sites (tertiary alicyclic amines) is 1. The number of amides is 3. The smallest absolute Gasteiger partial charge is 0.408 e. The molecule has 3 N–H and O–H groups in total. The number of alkyl carbamates (subject to hydrolysis) is 1. The van der Waals surface area contributed by atoms with Crippen LogP contribution in [0.2, 0.25) is 0 Å². The Hall–Kier alpha value is -4.14. The number of H-pyrrole nitrogens is 1. The molecule has 0 saturated carbocycles. The van der Waals surface area contributed by atoms with Gasteiger partial charge in [-0.2, -0.15) is 5.10 Å². The summed E-state index contributed by atoms with van der Waals surface area (Å²) in [6, 6.07) is 17.7. The lowest BCUT2D eigenvalue weighted by molar-refractivity contribution is -0.140. The number of aromatic nitrogens is 2. The van der Waals surface area contributed by atoms with Crippen molar-refractivity contribution in [3.05, 3.63) is 89.2 Å². The molecule has 5 rings (SSSR count). The number of carbonyl (C=O) groups excluding carboxylic acids is 3. The van der Waals surface area contributed by atoms with Gasteiger partial charge >= 0.3 is 6.09 Å². The minimum absolute atomic E-state index is 0.0118. The molecule has 3 atom stereocenters. The minimum atomic E-state index is -0.980. The van der Waals surface area contributed by atoms with Crippen LogP contribution in [0, 0.1) is 0 Å². The molecule has 1 aliphatic carbocycles. The second-order valence-electron chi connectivity index (χ2n) is 11.9. The number of fused-ring (bicyclic) bond motifs is 1. The molecule has 0 spiro atoms. The van der Waals surface area contributed by atoms with E-state index in [0.717, 1.165) is 35.2 Å². The van der Waals surface area contributed by atoms with Gasteiger partial charge in [-0.25, -0.2) is 4.79 Å². The van der Waals surface area contributed by atoms with Crippen LogP contribution in [0.4, 0.5) is 4.79 Å². The van der Waals surface area contributed by atoms with E-state index in [9.17, 15) is 14.4 Å². The average Bonchev–Trinajstić information content (AvgIpc) is 3.62. The third-order valence-corrected chi connectivity index (χ3v) is 7.79. The Bertz CT molecular complexity index is 1310. The highest BCUT2D eigenvalue weighted by Crippen LogP contribution is 2.31. The molecule has 216 valence electrons. The zero-order valence-corrected chi connectivity index (χ0v) is 23.9. The lowest BCUT2D eigenvalue weighted by Gasteiger charge is -2.34. The fourth-order valence-electron chi connectivity index (χ4n) is 5.94. The second-order valence-corrected chi connectivity index (χ2v) is 11.9. The van der Waals surface area contributed by atoms with Crippen molar-refractivity contribution < 1.29 is 19.1 Å². The third kappa shape index (κ3) is 6.78. The monoisotopic (exact) mass is 557 g/mol. The molecule has 1 saturated heterocycles. The van der Waals surface area contributed by atoms with Gasteiger partial charge in [-0.05, 0) is 69.6 Å². The van der Waals surface area contributed by atoms with Gasteiger partial charge in [0, 0.05) is 24.2 Å². The van der Waals surface area contributed by atoms with Gasteiger partial charge < -0.3 is 20.3 Å². The average molecular weight is 558 g/mol. The summed E-state index contributed by atoms with van der Waals surface area (Å²) in [6.45, 7) is 5.80. The maximum atomic E-state index is 14.4. The maximum absolute atomic E-state index is 14.4. The Labute approximate surface area is 241 Å². The standard InChI is InChI=1S/C32H39N5O4/c1-32(2,3)41-31(40)35-28(27(21-11-6-4-7-12-21)22-13-8-5-9-14-22)30(39)37-18-10-15-26(37)29(38)34-24-16-17-25-23(19-24)20-33-36-25/h4-9,11-14,20,24,26-28H,10,15-19H2,1-3H3,(H,33,36)(H,34,38)(H,35,40)/t24?,26-,28-/m0/s1. The van der Waals surface area contributed by atoms with E-state index < -0.39 is 29.7 Å². The van der Waals surface area contributed by atoms with Gasteiger partial charge in [0.15, 0.2) is 0 Å². The van der Waals surface area contributed by atoms with Crippen LogP contribution in [-0.4, -0.2) is 63.3 Å². The largest absolute Gasteiger partial charge is 0.444 e. The molecule has 1 aliphatic heterocycles. The summed E-state index contributed by atoms with van der Waals surface area (Å²) < 4.78 is 5.59. The molecule has 1 fully saturated rings. The van der Waals surface area contributed by atoms with Gasteiger partial charge in [0.05, 0.1) is 6.20 Å². The van der Waals surface area contributed by atoms with Crippen LogP contribution in [0.1, 0.15) is 68.3 Å². The maximum Gasteiger partial charge on any atom is 0.408 e. The molecule has 1 unspecified atom stereocenters. The molecular weight excluding hydrogens is 518 g/mol. The summed E-state index contributed by atoms with van der Waals surface area (Å²) in [5.41, 5.74) is 3.27. The van der Waals surface area contributed by atoms with E-state index in [4.69, 9.17) is 4.74 Å². The Balaban J connectivity index is 1.42. The van der Waals surface area contributed by atoms with Crippen molar-refractivity contribution in [2.45, 2.75) is 82.5 Å². The van der Waals surface area contributed by atoms with Crippen LogP contribution in [0.15, 0.2) is 66.9 Å². The first-order chi connectivity index (χ1) is 19.7. The molecule has 1 aromatic heterocycles. The summed E-state index contributed by atoms with van der Waals surface area (Å²) in [5.74, 6) is -0.939. The van der Waals surface area contributed by atoms with E-state index in [2.05, 4.69) is 20.8 Å². The summed E-state index contributed by atoms with van der Waals surface area (Å²) in [5, 5.41) is 13.2. The summed E-state index contributed by atoms with van der Waals surface area (Å²) in [6.07, 6.45) is 4.78. The van der Waals surface area contributed by atoms with Crippen LogP contribution in [0.5, 0.6) is 0 Å². The minimum Gasteiger partial charge on any atom is -0.444 e. The van der Waals surface area contributed by atoms with E-state index in [1.54, 1.807) is 25.7 Å². The van der Waals surface area contributed by atoms with Gasteiger partial charge in [-0.3, -0.25) is 14.7 Å². The Morgan fingerprint density at radius 1 is 1.00 bits per heavy atom. The lowest BCUT2D eigenvalue weighted by atomic mass is 9.84. The summed E-state index contributed by atoms with van der Waals surface area (Å²) >= 11 is 0. The van der Waals surface area contributed by atoms with Crippen molar-refractivity contribution >= 4 is 17.9 Å². The number of hydrogen-bond acceptors (Lipinski definition) is 5. The van der Waals surface area contributed by atoms with E-state index in [1.165, 1.54) is 0 Å². The van der Waals surface area contributed by atoms with E-state index in [0.29, 0.717) is 25.8 Å². The van der Waals surface area contributed by atoms with Crippen molar-refractivity contribution in [3.63, 3.8) is 0 Å². The van der Waals surface area contributed by atoms with Crippen molar-refractivity contribution in [2.75, 3.05) is 6.54 Å². The van der Waals surface area contributed by atoms with Crippen molar-refractivity contribution in [1.82, 2.24) is 25.7 Å². The zero-order valence-electron chi connectivity index (χ0n) is 23.9. The Morgan fingerprint density at radius 3 is 2.29 bits per heavy atom. The molecule has 3 aromatic rings. The van der Waals surface area contributed by atoms with Gasteiger partial charge in [-0.15, -0.1) is 0 Å². The first kappa shape index (κ1) is 28.4. The molecule has 0 radical (unpaired) electrons. The number of rotatable bonds is 7. The van der Waals surface area contributed by atoms with Crippen molar-refractivity contribution in [2.24, 2.45) is 0 Å². The lowest BCUT2D eigenvalue weighted by Crippen LogP contribution is -2.57. The first-order valence-electron chi connectivity index (χ1n) is 14.4. The Morgan fingerprint density at radius 2 is 1.66 bits per heavy atom. The molecule has 2 aliphatic rings. The second kappa shape index (κ2) is 12.2. The van der Waals surface area contributed by atoms with Gasteiger partial charge in [0.1, 0.15) is 17.7 Å². The van der Waals surface area contributed by atoms with Crippen LogP contribution >= 0.6 is 0 Å². The van der Waals surface area contributed by atoms with Crippen LogP contribution < -0.4 is 10.6 Å². The highest BCUT2D eigenvalue weighted by atomic mass is 16.6. The number of ether oxygens (including phenoxy) is 1. The van der Waals surface area contributed by atoms with Gasteiger partial charge in [0.2, 0.25) is 11.8 Å². The summed E-state index contributed by atoms with van der Waals surface area (Å²) in [7, 11) is 0. The summed E-state index contributed by atoms with van der Waals surface area (Å²) in [4.78, 5) is 42.8. The SMILES string of the molecule is CC(C)(C)OC(=O)N[C@H](C(=O)N1CCC[C@H]1C(=O)NC1CCc2[nH]ncc2C1)C(c1ccccc1)c1ccccc1. The zero-order chi connectivity index (χ0) is 29.0. The van der Waals surface area contributed by atoms with Crippen LogP contribution in [-0.2, 0) is 27.2 Å². The number of benzene rings is 2. The third-order valence-electron chi connectivity index (χ3n) is 7.79. The molecule has 41 heavy (non-hydrogen) atoms. The molecule has 9 heteroatoms. The number of nitrogens with one attached hydrogen (secondary N) is 3. The fourth-order valence-corrected chi connectivity index (χ4v) is 5.94. The van der Waals surface area contributed by atoms with E-state index in [1.807, 2.05) is 66.9 Å². The molecule has 0 bridgehead atoms. The topological polar surface area (TPSA) is 116 Å². The number of aryl methyl sites for hydroxylation is 1. The Kier molecular flexibility index (Phi) is 8.42. The van der Waals surface area contributed by atoms with Gasteiger partial charge in [0.25, 0.3) is 0 Å². The number of aromatic amines is 1. The molecule has 9 nitrogen and oxygen atoms in total. The molecule has 2 heterocycles. The number of nitrogens with zero attached hydrogens (tertiary/aromatic N) is 2. The van der Waals surface area contributed by atoms with Crippen LogP contribution in [0.25, 0.3) is 0 Å².